The van der Waals surface area contributed by atoms with Gasteiger partial charge in [-0.2, -0.15) is 0 Å². The summed E-state index contributed by atoms with van der Waals surface area (Å²) in [6.45, 7) is 8.75. The van der Waals surface area contributed by atoms with E-state index in [1.54, 1.807) is 13.8 Å². The van der Waals surface area contributed by atoms with Gasteiger partial charge in [0.2, 0.25) is 11.8 Å². The van der Waals surface area contributed by atoms with E-state index in [9.17, 15) is 19.2 Å². The normalized spacial score (nSPS) is 11.7. The number of rotatable bonds is 8. The lowest BCUT2D eigenvalue weighted by Gasteiger charge is -2.37. The van der Waals surface area contributed by atoms with Gasteiger partial charge < -0.3 is 25.8 Å². The van der Waals surface area contributed by atoms with Crippen LogP contribution in [0, 0.1) is 5.41 Å². The van der Waals surface area contributed by atoms with Crippen LogP contribution >= 0.6 is 0 Å². The Labute approximate surface area is 147 Å². The molecule has 0 atom stereocenters. The minimum Gasteiger partial charge on any atom is -0.478 e. The Balaban J connectivity index is 4.06. The molecule has 0 aromatic heterocycles. The molecule has 25 heavy (non-hydrogen) atoms. The first-order valence-corrected chi connectivity index (χ1v) is 7.75. The standard InChI is InChI=1S/C16H27N3O6/c1-15(2,3)16(4,5)25-14(24)19-10-12(21)18-9-11(20)17-8-6-7-13(22)23/h6-7H,8-10H2,1-5H3,(H,17,20)(H,18,21)(H,19,24)(H,22,23). The molecule has 0 fully saturated rings. The monoisotopic (exact) mass is 357 g/mol. The van der Waals surface area contributed by atoms with Crippen LogP contribution in [-0.2, 0) is 19.1 Å². The van der Waals surface area contributed by atoms with Gasteiger partial charge in [-0.1, -0.05) is 26.8 Å². The molecule has 0 aromatic carbocycles. The lowest BCUT2D eigenvalue weighted by Crippen LogP contribution is -2.46. The highest BCUT2D eigenvalue weighted by molar-refractivity contribution is 5.87. The molecular formula is C16H27N3O6. The van der Waals surface area contributed by atoms with Gasteiger partial charge in [0.1, 0.15) is 12.1 Å². The minimum absolute atomic E-state index is 0.0352. The number of carboxylic acid groups (broad SMARTS) is 1. The van der Waals surface area contributed by atoms with E-state index in [4.69, 9.17) is 9.84 Å². The summed E-state index contributed by atoms with van der Waals surface area (Å²) >= 11 is 0. The Morgan fingerprint density at radius 2 is 1.44 bits per heavy atom. The molecule has 4 N–H and O–H groups in total. The summed E-state index contributed by atoms with van der Waals surface area (Å²) in [5, 5.41) is 15.4. The maximum Gasteiger partial charge on any atom is 0.408 e. The highest BCUT2D eigenvalue weighted by Crippen LogP contribution is 2.32. The van der Waals surface area contributed by atoms with Gasteiger partial charge in [-0.05, 0) is 13.8 Å². The average molecular weight is 357 g/mol. The molecule has 0 rings (SSSR count). The number of ether oxygens (including phenoxy) is 1. The Bertz CT molecular complexity index is 534. The SMILES string of the molecule is CC(C)(C)C(C)(C)OC(=O)NCC(=O)NCC(=O)NCC=CC(=O)O. The summed E-state index contributed by atoms with van der Waals surface area (Å²) in [6.07, 6.45) is 1.43. The first-order chi connectivity index (χ1) is 11.3. The summed E-state index contributed by atoms with van der Waals surface area (Å²) in [5.74, 6) is -2.16. The van der Waals surface area contributed by atoms with Crippen LogP contribution in [0.5, 0.6) is 0 Å². The van der Waals surface area contributed by atoms with E-state index in [1.165, 1.54) is 6.08 Å². The molecule has 0 saturated carbocycles. The second kappa shape index (κ2) is 9.65. The molecule has 0 aromatic rings. The molecule has 0 aliphatic rings. The number of hydrogen-bond donors (Lipinski definition) is 4. The first kappa shape index (κ1) is 22.4. The summed E-state index contributed by atoms with van der Waals surface area (Å²) < 4.78 is 5.30. The zero-order chi connectivity index (χ0) is 19.7. The summed E-state index contributed by atoms with van der Waals surface area (Å²) in [5.41, 5.74) is -1.00. The molecule has 0 saturated heterocycles. The second-order valence-corrected chi connectivity index (χ2v) is 6.82. The van der Waals surface area contributed by atoms with Crippen molar-refractivity contribution >= 4 is 23.9 Å². The van der Waals surface area contributed by atoms with Crippen LogP contribution in [0.15, 0.2) is 12.2 Å². The van der Waals surface area contributed by atoms with Crippen molar-refractivity contribution in [3.05, 3.63) is 12.2 Å². The van der Waals surface area contributed by atoms with Gasteiger partial charge in [0.05, 0.1) is 6.54 Å². The predicted octanol–water partition coefficient (Wildman–Crippen LogP) is 0.411. The van der Waals surface area contributed by atoms with E-state index >= 15 is 0 Å². The highest BCUT2D eigenvalue weighted by atomic mass is 16.6. The first-order valence-electron chi connectivity index (χ1n) is 7.75. The third-order valence-corrected chi connectivity index (χ3v) is 3.67. The Morgan fingerprint density at radius 1 is 0.920 bits per heavy atom. The zero-order valence-electron chi connectivity index (χ0n) is 15.3. The maximum absolute atomic E-state index is 11.7. The van der Waals surface area contributed by atoms with Crippen LogP contribution in [-0.4, -0.2) is 54.2 Å². The fourth-order valence-corrected chi connectivity index (χ4v) is 1.21. The van der Waals surface area contributed by atoms with Gasteiger partial charge >= 0.3 is 12.1 Å². The lowest BCUT2D eigenvalue weighted by molar-refractivity contribution is -0.131. The van der Waals surface area contributed by atoms with Crippen LogP contribution in [0.2, 0.25) is 0 Å². The van der Waals surface area contributed by atoms with Crippen molar-refractivity contribution in [2.45, 2.75) is 40.2 Å². The van der Waals surface area contributed by atoms with Crippen molar-refractivity contribution in [3.8, 4) is 0 Å². The number of carbonyl (C=O) groups is 4. The van der Waals surface area contributed by atoms with Crippen LogP contribution in [0.25, 0.3) is 0 Å². The fraction of sp³-hybridized carbons (Fsp3) is 0.625. The number of aliphatic carboxylic acids is 1. The molecule has 0 bridgehead atoms. The molecular weight excluding hydrogens is 330 g/mol. The van der Waals surface area contributed by atoms with E-state index in [2.05, 4.69) is 16.0 Å². The molecule has 3 amide bonds. The van der Waals surface area contributed by atoms with Crippen molar-refractivity contribution < 1.29 is 29.0 Å². The van der Waals surface area contributed by atoms with E-state index in [0.29, 0.717) is 0 Å². The Hall–Kier alpha value is -2.58. The van der Waals surface area contributed by atoms with Crippen molar-refractivity contribution in [3.63, 3.8) is 0 Å². The van der Waals surface area contributed by atoms with E-state index < -0.39 is 29.5 Å². The van der Waals surface area contributed by atoms with E-state index in [1.807, 2.05) is 20.8 Å². The van der Waals surface area contributed by atoms with Crippen LogP contribution in [0.4, 0.5) is 4.79 Å². The number of nitrogens with one attached hydrogen (secondary N) is 3. The van der Waals surface area contributed by atoms with Gasteiger partial charge in [-0.3, -0.25) is 9.59 Å². The van der Waals surface area contributed by atoms with Gasteiger partial charge in [-0.25, -0.2) is 9.59 Å². The van der Waals surface area contributed by atoms with Gasteiger partial charge in [0.25, 0.3) is 0 Å². The highest BCUT2D eigenvalue weighted by Gasteiger charge is 2.36. The van der Waals surface area contributed by atoms with Crippen LogP contribution < -0.4 is 16.0 Å². The summed E-state index contributed by atoms with van der Waals surface area (Å²) in [4.78, 5) is 44.9. The third-order valence-electron chi connectivity index (χ3n) is 3.67. The summed E-state index contributed by atoms with van der Waals surface area (Å²) in [7, 11) is 0. The van der Waals surface area contributed by atoms with Crippen LogP contribution in [0.1, 0.15) is 34.6 Å². The van der Waals surface area contributed by atoms with Gasteiger partial charge in [0, 0.05) is 18.0 Å². The Kier molecular flexibility index (Phi) is 8.66. The fourth-order valence-electron chi connectivity index (χ4n) is 1.21. The average Bonchev–Trinajstić information content (AvgIpc) is 2.45. The third kappa shape index (κ3) is 10.0. The molecule has 0 unspecified atom stereocenters. The summed E-state index contributed by atoms with van der Waals surface area (Å²) in [6, 6.07) is 0. The van der Waals surface area contributed by atoms with Gasteiger partial charge in [-0.15, -0.1) is 0 Å². The van der Waals surface area contributed by atoms with Crippen molar-refractivity contribution in [2.75, 3.05) is 19.6 Å². The molecule has 0 spiro atoms. The second-order valence-electron chi connectivity index (χ2n) is 6.82. The molecule has 9 nitrogen and oxygen atoms in total. The number of amides is 3. The maximum atomic E-state index is 11.7. The lowest BCUT2D eigenvalue weighted by atomic mass is 9.79. The largest absolute Gasteiger partial charge is 0.478 e. The van der Waals surface area contributed by atoms with E-state index in [0.717, 1.165) is 6.08 Å². The van der Waals surface area contributed by atoms with Crippen molar-refractivity contribution in [1.82, 2.24) is 16.0 Å². The predicted molar refractivity (Wildman–Crippen MR) is 90.8 cm³/mol. The Morgan fingerprint density at radius 3 is 1.96 bits per heavy atom. The molecule has 0 aliphatic heterocycles. The quantitative estimate of drug-likeness (QED) is 0.465. The smallest absolute Gasteiger partial charge is 0.408 e. The van der Waals surface area contributed by atoms with Crippen molar-refractivity contribution in [2.24, 2.45) is 5.41 Å². The minimum atomic E-state index is -1.12. The molecule has 142 valence electrons. The number of alkyl carbamates (subject to hydrolysis) is 1. The van der Waals surface area contributed by atoms with Gasteiger partial charge in [0.15, 0.2) is 0 Å². The topological polar surface area (TPSA) is 134 Å². The van der Waals surface area contributed by atoms with E-state index in [-0.39, 0.29) is 25.0 Å². The zero-order valence-corrected chi connectivity index (χ0v) is 15.3. The molecule has 0 heterocycles. The number of carboxylic acids is 1. The van der Waals surface area contributed by atoms with Crippen LogP contribution in [0.3, 0.4) is 0 Å². The molecule has 0 radical (unpaired) electrons. The number of hydrogen-bond acceptors (Lipinski definition) is 5. The van der Waals surface area contributed by atoms with Crippen molar-refractivity contribution in [1.29, 1.82) is 0 Å². The number of carbonyl (C=O) groups excluding carboxylic acids is 3. The molecule has 0 aliphatic carbocycles. The molecule has 9 heteroatoms.